The molecule has 4 nitrogen and oxygen atoms in total. The highest BCUT2D eigenvalue weighted by molar-refractivity contribution is 5.68. The highest BCUT2D eigenvalue weighted by Gasteiger charge is 2.26. The smallest absolute Gasteiger partial charge is 0.408 e. The predicted molar refractivity (Wildman–Crippen MR) is 90.0 cm³/mol. The summed E-state index contributed by atoms with van der Waals surface area (Å²) in [6, 6.07) is 18.0. The molecule has 0 radical (unpaired) electrons. The first-order chi connectivity index (χ1) is 10.9. The fraction of sp³-hybridized carbons (Fsp3) is 0.316. The Kier molecular flexibility index (Phi) is 5.40. The van der Waals surface area contributed by atoms with Gasteiger partial charge in [0.05, 0.1) is 6.04 Å². The Balaban J connectivity index is 2.24. The number of hydrogen-bond donors (Lipinski definition) is 2. The Bertz CT molecular complexity index is 620. The van der Waals surface area contributed by atoms with Crippen LogP contribution in [0.15, 0.2) is 60.7 Å². The van der Waals surface area contributed by atoms with Gasteiger partial charge in [-0.25, -0.2) is 4.79 Å². The second-order valence-electron chi connectivity index (χ2n) is 6.39. The lowest BCUT2D eigenvalue weighted by Gasteiger charge is -2.27. The van der Waals surface area contributed by atoms with E-state index < -0.39 is 23.8 Å². The summed E-state index contributed by atoms with van der Waals surface area (Å²) in [7, 11) is 0. The van der Waals surface area contributed by atoms with E-state index in [-0.39, 0.29) is 0 Å². The van der Waals surface area contributed by atoms with Crippen molar-refractivity contribution in [3.8, 4) is 0 Å². The molecule has 0 heterocycles. The number of benzene rings is 2. The van der Waals surface area contributed by atoms with Crippen LogP contribution in [0.4, 0.5) is 4.79 Å². The van der Waals surface area contributed by atoms with Crippen LogP contribution < -0.4 is 5.32 Å². The minimum absolute atomic E-state index is 0.554. The quantitative estimate of drug-likeness (QED) is 0.897. The Labute approximate surface area is 137 Å². The normalized spacial score (nSPS) is 13.9. The maximum absolute atomic E-state index is 12.1. The number of amides is 1. The molecule has 122 valence electrons. The molecule has 0 aliphatic heterocycles. The lowest BCUT2D eigenvalue weighted by molar-refractivity contribution is 0.0419. The van der Waals surface area contributed by atoms with E-state index >= 15 is 0 Å². The second kappa shape index (κ2) is 7.29. The van der Waals surface area contributed by atoms with Gasteiger partial charge in [0.25, 0.3) is 0 Å². The third-order valence-electron chi connectivity index (χ3n) is 3.29. The minimum atomic E-state index is -0.869. The summed E-state index contributed by atoms with van der Waals surface area (Å²) in [5, 5.41) is 13.5. The largest absolute Gasteiger partial charge is 0.444 e. The van der Waals surface area contributed by atoms with Crippen molar-refractivity contribution in [1.82, 2.24) is 5.32 Å². The fourth-order valence-electron chi connectivity index (χ4n) is 2.28. The van der Waals surface area contributed by atoms with Gasteiger partial charge in [0.1, 0.15) is 11.7 Å². The summed E-state index contributed by atoms with van der Waals surface area (Å²) in [5.74, 6) is 0. The fourth-order valence-corrected chi connectivity index (χ4v) is 2.28. The topological polar surface area (TPSA) is 58.6 Å². The first-order valence-corrected chi connectivity index (χ1v) is 7.64. The van der Waals surface area contributed by atoms with Gasteiger partial charge in [0.15, 0.2) is 0 Å². The first-order valence-electron chi connectivity index (χ1n) is 7.64. The molecule has 0 bridgehead atoms. The van der Waals surface area contributed by atoms with Gasteiger partial charge in [0, 0.05) is 0 Å². The van der Waals surface area contributed by atoms with Crippen LogP contribution in [0.5, 0.6) is 0 Å². The number of carbonyl (C=O) groups excluding carboxylic acids is 1. The second-order valence-corrected chi connectivity index (χ2v) is 6.39. The monoisotopic (exact) mass is 313 g/mol. The average molecular weight is 313 g/mol. The number of rotatable bonds is 4. The van der Waals surface area contributed by atoms with Crippen molar-refractivity contribution in [2.24, 2.45) is 0 Å². The van der Waals surface area contributed by atoms with Crippen molar-refractivity contribution >= 4 is 6.09 Å². The van der Waals surface area contributed by atoms with Gasteiger partial charge in [-0.15, -0.1) is 0 Å². The number of aliphatic hydroxyl groups excluding tert-OH is 1. The number of ether oxygens (including phenoxy) is 1. The summed E-state index contributed by atoms with van der Waals surface area (Å²) in [5.41, 5.74) is 0.954. The van der Waals surface area contributed by atoms with Crippen LogP contribution in [0, 0.1) is 0 Å². The highest BCUT2D eigenvalue weighted by Crippen LogP contribution is 2.29. The molecule has 0 saturated carbocycles. The maximum atomic E-state index is 12.1. The van der Waals surface area contributed by atoms with E-state index in [0.29, 0.717) is 0 Å². The Morgan fingerprint density at radius 3 is 1.91 bits per heavy atom. The number of alkyl carbamates (subject to hydrolysis) is 1. The number of aliphatic hydroxyl groups is 1. The van der Waals surface area contributed by atoms with Crippen molar-refractivity contribution in [2.45, 2.75) is 38.5 Å². The lowest BCUT2D eigenvalue weighted by atomic mass is 9.96. The van der Waals surface area contributed by atoms with E-state index in [2.05, 4.69) is 5.32 Å². The molecule has 0 spiro atoms. The molecular formula is C19H23NO3. The van der Waals surface area contributed by atoms with E-state index in [9.17, 15) is 9.90 Å². The van der Waals surface area contributed by atoms with Gasteiger partial charge in [-0.05, 0) is 31.9 Å². The first kappa shape index (κ1) is 17.0. The third-order valence-corrected chi connectivity index (χ3v) is 3.29. The molecule has 0 aromatic heterocycles. The summed E-state index contributed by atoms with van der Waals surface area (Å²) in [6.45, 7) is 5.41. The summed E-state index contributed by atoms with van der Waals surface area (Å²) in [6.07, 6.45) is -1.42. The van der Waals surface area contributed by atoms with Crippen molar-refractivity contribution in [3.63, 3.8) is 0 Å². The molecule has 2 aromatic carbocycles. The summed E-state index contributed by atoms with van der Waals surface area (Å²) < 4.78 is 5.31. The van der Waals surface area contributed by atoms with Gasteiger partial charge in [0.2, 0.25) is 0 Å². The van der Waals surface area contributed by atoms with Crippen LogP contribution in [0.25, 0.3) is 0 Å². The standard InChI is InChI=1S/C19H23NO3/c1-19(2,3)23-18(22)20-16(14-10-6-4-7-11-14)17(21)15-12-8-5-9-13-15/h4-13,16-17,21H,1-3H3,(H,20,22)/t16-,17-/m0/s1. The molecule has 2 atom stereocenters. The molecule has 1 amide bonds. The highest BCUT2D eigenvalue weighted by atomic mass is 16.6. The van der Waals surface area contributed by atoms with Gasteiger partial charge < -0.3 is 15.2 Å². The molecule has 4 heteroatoms. The molecule has 2 rings (SSSR count). The van der Waals surface area contributed by atoms with E-state index in [1.165, 1.54) is 0 Å². The van der Waals surface area contributed by atoms with E-state index in [1.807, 2.05) is 60.7 Å². The minimum Gasteiger partial charge on any atom is -0.444 e. The van der Waals surface area contributed by atoms with Gasteiger partial charge in [-0.3, -0.25) is 0 Å². The number of carbonyl (C=O) groups is 1. The maximum Gasteiger partial charge on any atom is 0.408 e. The van der Waals surface area contributed by atoms with E-state index in [4.69, 9.17) is 4.74 Å². The van der Waals surface area contributed by atoms with Crippen molar-refractivity contribution in [2.75, 3.05) is 0 Å². The summed E-state index contributed by atoms with van der Waals surface area (Å²) >= 11 is 0. The third kappa shape index (κ3) is 5.11. The van der Waals surface area contributed by atoms with E-state index in [1.54, 1.807) is 20.8 Å². The molecule has 2 aromatic rings. The number of hydrogen-bond acceptors (Lipinski definition) is 3. The average Bonchev–Trinajstić information content (AvgIpc) is 2.52. The van der Waals surface area contributed by atoms with Crippen LogP contribution in [0.3, 0.4) is 0 Å². The van der Waals surface area contributed by atoms with E-state index in [0.717, 1.165) is 11.1 Å². The van der Waals surface area contributed by atoms with Crippen LogP contribution >= 0.6 is 0 Å². The van der Waals surface area contributed by atoms with Crippen molar-refractivity contribution in [1.29, 1.82) is 0 Å². The molecule has 0 aliphatic carbocycles. The molecule has 2 N–H and O–H groups in total. The lowest BCUT2D eigenvalue weighted by Crippen LogP contribution is -2.37. The molecule has 0 aliphatic rings. The van der Waals surface area contributed by atoms with Gasteiger partial charge in [-0.1, -0.05) is 60.7 Å². The molecule has 0 fully saturated rings. The van der Waals surface area contributed by atoms with Gasteiger partial charge in [-0.2, -0.15) is 0 Å². The summed E-state index contributed by atoms with van der Waals surface area (Å²) in [4.78, 5) is 12.1. The zero-order chi connectivity index (χ0) is 16.9. The van der Waals surface area contributed by atoms with Crippen LogP contribution in [0.1, 0.15) is 44.0 Å². The molecule has 0 saturated heterocycles. The zero-order valence-electron chi connectivity index (χ0n) is 13.7. The van der Waals surface area contributed by atoms with Crippen LogP contribution in [0.2, 0.25) is 0 Å². The van der Waals surface area contributed by atoms with Crippen molar-refractivity contribution in [3.05, 3.63) is 71.8 Å². The predicted octanol–water partition coefficient (Wildman–Crippen LogP) is 3.99. The molecular weight excluding hydrogens is 290 g/mol. The van der Waals surface area contributed by atoms with Crippen LogP contribution in [-0.2, 0) is 4.74 Å². The van der Waals surface area contributed by atoms with Gasteiger partial charge >= 0.3 is 6.09 Å². The Morgan fingerprint density at radius 1 is 0.957 bits per heavy atom. The Hall–Kier alpha value is -2.33. The zero-order valence-corrected chi connectivity index (χ0v) is 13.7. The molecule has 0 unspecified atom stereocenters. The van der Waals surface area contributed by atoms with Crippen molar-refractivity contribution < 1.29 is 14.6 Å². The molecule has 23 heavy (non-hydrogen) atoms. The van der Waals surface area contributed by atoms with Crippen LogP contribution in [-0.4, -0.2) is 16.8 Å². The Morgan fingerprint density at radius 2 is 1.43 bits per heavy atom. The number of nitrogens with one attached hydrogen (secondary N) is 1. The SMILES string of the molecule is CC(C)(C)OC(=O)N[C@@H](c1ccccc1)[C@@H](O)c1ccccc1.